The molecular formula is C59H111NO5. The van der Waals surface area contributed by atoms with Gasteiger partial charge in [0, 0.05) is 12.8 Å². The van der Waals surface area contributed by atoms with E-state index in [9.17, 15) is 19.8 Å². The van der Waals surface area contributed by atoms with Gasteiger partial charge in [-0.15, -0.1) is 0 Å². The number of unbranched alkanes of at least 4 members (excludes halogenated alkanes) is 36. The average Bonchev–Trinajstić information content (AvgIpc) is 3.31. The van der Waals surface area contributed by atoms with Crippen LogP contribution in [0.15, 0.2) is 36.5 Å². The second-order valence-corrected chi connectivity index (χ2v) is 19.6. The Hall–Kier alpha value is -1.92. The van der Waals surface area contributed by atoms with Crippen LogP contribution in [0.3, 0.4) is 0 Å². The lowest BCUT2D eigenvalue weighted by molar-refractivity contribution is -0.143. The van der Waals surface area contributed by atoms with E-state index in [2.05, 4.69) is 55.6 Å². The highest BCUT2D eigenvalue weighted by Gasteiger charge is 2.20. The summed E-state index contributed by atoms with van der Waals surface area (Å²) < 4.78 is 5.47. The third kappa shape index (κ3) is 51.3. The average molecular weight is 915 g/mol. The Labute approximate surface area is 404 Å². The molecule has 0 aromatic heterocycles. The number of ether oxygens (including phenoxy) is 1. The molecular weight excluding hydrogens is 803 g/mol. The highest BCUT2D eigenvalue weighted by molar-refractivity contribution is 5.76. The zero-order chi connectivity index (χ0) is 47.2. The fourth-order valence-corrected chi connectivity index (χ4v) is 8.72. The Morgan fingerprint density at radius 1 is 0.431 bits per heavy atom. The molecule has 0 aliphatic rings. The van der Waals surface area contributed by atoms with Crippen molar-refractivity contribution in [2.24, 2.45) is 0 Å². The summed E-state index contributed by atoms with van der Waals surface area (Å²) in [4.78, 5) is 24.5. The molecule has 0 saturated heterocycles. The van der Waals surface area contributed by atoms with E-state index in [0.29, 0.717) is 25.9 Å². The van der Waals surface area contributed by atoms with Gasteiger partial charge in [-0.3, -0.25) is 9.59 Å². The number of rotatable bonds is 53. The molecule has 3 N–H and O–H groups in total. The quantitative estimate of drug-likeness (QED) is 0.0321. The number of hydrogen-bond donors (Lipinski definition) is 3. The third-order valence-corrected chi connectivity index (χ3v) is 13.2. The number of esters is 1. The van der Waals surface area contributed by atoms with Crippen molar-refractivity contribution in [2.75, 3.05) is 13.2 Å². The highest BCUT2D eigenvalue weighted by atomic mass is 16.5. The first kappa shape index (κ1) is 63.1. The summed E-state index contributed by atoms with van der Waals surface area (Å²) in [7, 11) is 0. The number of amides is 1. The Bertz CT molecular complexity index is 1060. The molecule has 0 aliphatic heterocycles. The molecule has 0 aromatic rings. The van der Waals surface area contributed by atoms with Gasteiger partial charge in [0.2, 0.25) is 5.91 Å². The molecule has 6 nitrogen and oxygen atoms in total. The van der Waals surface area contributed by atoms with Gasteiger partial charge in [0.05, 0.1) is 25.4 Å². The molecule has 1 amide bonds. The second kappa shape index (κ2) is 54.7. The predicted molar refractivity (Wildman–Crippen MR) is 283 cm³/mol. The van der Waals surface area contributed by atoms with Crippen LogP contribution in [0.5, 0.6) is 0 Å². The van der Waals surface area contributed by atoms with E-state index in [0.717, 1.165) is 77.0 Å². The number of aliphatic hydroxyl groups excluding tert-OH is 2. The third-order valence-electron chi connectivity index (χ3n) is 13.2. The molecule has 0 rings (SSSR count). The van der Waals surface area contributed by atoms with Gasteiger partial charge >= 0.3 is 5.97 Å². The van der Waals surface area contributed by atoms with Crippen molar-refractivity contribution in [3.63, 3.8) is 0 Å². The minimum Gasteiger partial charge on any atom is -0.466 e. The lowest BCUT2D eigenvalue weighted by Gasteiger charge is -2.22. The van der Waals surface area contributed by atoms with Gasteiger partial charge in [0.15, 0.2) is 0 Å². The van der Waals surface area contributed by atoms with Gasteiger partial charge in [0.25, 0.3) is 0 Å². The number of hydrogen-bond acceptors (Lipinski definition) is 5. The Balaban J connectivity index is 3.47. The molecule has 0 spiro atoms. The molecule has 6 heteroatoms. The van der Waals surface area contributed by atoms with Crippen LogP contribution in [-0.4, -0.2) is 47.4 Å². The maximum absolute atomic E-state index is 12.5. The van der Waals surface area contributed by atoms with Crippen molar-refractivity contribution in [3.8, 4) is 0 Å². The molecule has 0 heterocycles. The highest BCUT2D eigenvalue weighted by Crippen LogP contribution is 2.16. The standard InChI is InChI=1S/C59H111NO5/c1-3-5-7-9-11-13-15-17-19-20-21-25-29-33-37-41-45-49-53-59(64)65-54-50-46-42-38-34-30-26-22-24-28-32-36-40-44-48-52-58(63)60-56(55-61)57(62)51-47-43-39-35-31-27-23-18-16-14-12-10-8-6-4-2/h13,15,19-20,26,30,56-57,61-62H,3-12,14,16-18,21-25,27-29,31-55H2,1-2H3,(H,60,63)/b15-13-,20-19-,30-26-. The molecule has 0 radical (unpaired) electrons. The monoisotopic (exact) mass is 914 g/mol. The number of allylic oxidation sites excluding steroid dienone is 6. The lowest BCUT2D eigenvalue weighted by atomic mass is 10.0. The van der Waals surface area contributed by atoms with Gasteiger partial charge in [-0.1, -0.05) is 243 Å². The smallest absolute Gasteiger partial charge is 0.305 e. The summed E-state index contributed by atoms with van der Waals surface area (Å²) in [6.07, 6.45) is 67.0. The van der Waals surface area contributed by atoms with Crippen molar-refractivity contribution < 1.29 is 24.5 Å². The van der Waals surface area contributed by atoms with Gasteiger partial charge in [-0.2, -0.15) is 0 Å². The molecule has 2 unspecified atom stereocenters. The maximum atomic E-state index is 12.5. The van der Waals surface area contributed by atoms with Crippen LogP contribution in [0.25, 0.3) is 0 Å². The first-order valence-corrected chi connectivity index (χ1v) is 28.7. The summed E-state index contributed by atoms with van der Waals surface area (Å²) in [6, 6.07) is -0.553. The van der Waals surface area contributed by atoms with E-state index in [1.165, 1.54) is 193 Å². The summed E-state index contributed by atoms with van der Waals surface area (Å²) in [5.74, 6) is -0.0673. The Kier molecular flexibility index (Phi) is 53.1. The Morgan fingerprint density at radius 3 is 1.20 bits per heavy atom. The SMILES string of the molecule is CCCCCC/C=C\C/C=C\CCCCCCCCCC(=O)OCCCCCC/C=C\CCCCCCCCCC(=O)NC(CO)C(O)CCCCCCCCCCCCCCCCC. The first-order valence-electron chi connectivity index (χ1n) is 28.7. The number of carbonyl (C=O) groups excluding carboxylic acids is 2. The van der Waals surface area contributed by atoms with Crippen molar-refractivity contribution in [1.29, 1.82) is 0 Å². The number of nitrogens with one attached hydrogen (secondary N) is 1. The van der Waals surface area contributed by atoms with Crippen molar-refractivity contribution in [3.05, 3.63) is 36.5 Å². The van der Waals surface area contributed by atoms with E-state index in [-0.39, 0.29) is 18.5 Å². The van der Waals surface area contributed by atoms with E-state index in [1.807, 2.05) is 0 Å². The molecule has 0 aliphatic carbocycles. The van der Waals surface area contributed by atoms with Crippen LogP contribution < -0.4 is 5.32 Å². The summed E-state index contributed by atoms with van der Waals surface area (Å²) in [5, 5.41) is 23.3. The van der Waals surface area contributed by atoms with Crippen LogP contribution in [0, 0.1) is 0 Å². The minimum absolute atomic E-state index is 0.0174. The normalized spacial score (nSPS) is 12.9. The largest absolute Gasteiger partial charge is 0.466 e. The van der Waals surface area contributed by atoms with Crippen LogP contribution in [0.2, 0.25) is 0 Å². The molecule has 382 valence electrons. The molecule has 0 fully saturated rings. The molecule has 2 atom stereocenters. The van der Waals surface area contributed by atoms with Crippen LogP contribution >= 0.6 is 0 Å². The van der Waals surface area contributed by atoms with E-state index in [4.69, 9.17) is 4.74 Å². The Morgan fingerprint density at radius 2 is 0.769 bits per heavy atom. The van der Waals surface area contributed by atoms with Gasteiger partial charge in [0.1, 0.15) is 0 Å². The van der Waals surface area contributed by atoms with Gasteiger partial charge in [-0.05, 0) is 83.5 Å². The zero-order valence-electron chi connectivity index (χ0n) is 43.5. The first-order chi connectivity index (χ1) is 32.0. The van der Waals surface area contributed by atoms with Crippen LogP contribution in [0.1, 0.15) is 303 Å². The fraction of sp³-hybridized carbons (Fsp3) is 0.864. The fourth-order valence-electron chi connectivity index (χ4n) is 8.72. The number of aliphatic hydroxyl groups is 2. The summed E-state index contributed by atoms with van der Waals surface area (Å²) in [6.45, 7) is 4.90. The van der Waals surface area contributed by atoms with E-state index >= 15 is 0 Å². The maximum Gasteiger partial charge on any atom is 0.305 e. The van der Waals surface area contributed by atoms with Crippen molar-refractivity contribution in [1.82, 2.24) is 5.32 Å². The second-order valence-electron chi connectivity index (χ2n) is 19.6. The van der Waals surface area contributed by atoms with Crippen molar-refractivity contribution >= 4 is 11.9 Å². The lowest BCUT2D eigenvalue weighted by Crippen LogP contribution is -2.45. The van der Waals surface area contributed by atoms with Crippen LogP contribution in [-0.2, 0) is 14.3 Å². The molecule has 0 bridgehead atoms. The summed E-state index contributed by atoms with van der Waals surface area (Å²) in [5.41, 5.74) is 0. The van der Waals surface area contributed by atoms with Crippen molar-refractivity contribution in [2.45, 2.75) is 315 Å². The molecule has 0 saturated carbocycles. The number of carbonyl (C=O) groups is 2. The minimum atomic E-state index is -0.675. The topological polar surface area (TPSA) is 95.9 Å². The van der Waals surface area contributed by atoms with Gasteiger partial charge in [-0.25, -0.2) is 0 Å². The summed E-state index contributed by atoms with van der Waals surface area (Å²) >= 11 is 0. The van der Waals surface area contributed by atoms with E-state index < -0.39 is 12.1 Å². The molecule has 65 heavy (non-hydrogen) atoms. The molecule has 0 aromatic carbocycles. The van der Waals surface area contributed by atoms with Crippen LogP contribution in [0.4, 0.5) is 0 Å². The van der Waals surface area contributed by atoms with E-state index in [1.54, 1.807) is 0 Å². The zero-order valence-corrected chi connectivity index (χ0v) is 43.5. The van der Waals surface area contributed by atoms with Gasteiger partial charge < -0.3 is 20.3 Å². The predicted octanol–water partition coefficient (Wildman–Crippen LogP) is 17.6.